The number of aliphatic hydroxyl groups excluding tert-OH is 1. The van der Waals surface area contributed by atoms with E-state index in [2.05, 4.69) is 4.74 Å². The zero-order valence-corrected chi connectivity index (χ0v) is 9.72. The molecule has 0 aliphatic rings. The molecule has 5 heteroatoms. The topological polar surface area (TPSA) is 46.5 Å². The highest BCUT2D eigenvalue weighted by Crippen LogP contribution is 2.26. The van der Waals surface area contributed by atoms with E-state index in [1.807, 2.05) is 0 Å². The molecule has 0 saturated carbocycles. The summed E-state index contributed by atoms with van der Waals surface area (Å²) in [4.78, 5) is 11.3. The lowest BCUT2D eigenvalue weighted by molar-refractivity contribution is -0.140. The second kappa shape index (κ2) is 6.50. The number of rotatable bonds is 5. The van der Waals surface area contributed by atoms with Crippen LogP contribution in [-0.4, -0.2) is 23.9 Å². The highest BCUT2D eigenvalue weighted by molar-refractivity contribution is 7.99. The maximum Gasteiger partial charge on any atom is 0.306 e. The van der Waals surface area contributed by atoms with Crippen LogP contribution in [0.5, 0.6) is 0 Å². The lowest BCUT2D eigenvalue weighted by Crippen LogP contribution is -2.01. The number of carbonyl (C=O) groups excluding carboxylic acids is 1. The maximum atomic E-state index is 13.4. The van der Waals surface area contributed by atoms with Crippen molar-refractivity contribution in [2.45, 2.75) is 17.9 Å². The Kier molecular flexibility index (Phi) is 5.28. The van der Waals surface area contributed by atoms with Crippen LogP contribution in [0.4, 0.5) is 4.39 Å². The highest BCUT2D eigenvalue weighted by Gasteiger charge is 2.09. The molecule has 1 aromatic carbocycles. The minimum absolute atomic E-state index is 0.210. The first-order valence-electron chi connectivity index (χ1n) is 4.77. The molecule has 0 heterocycles. The summed E-state index contributed by atoms with van der Waals surface area (Å²) in [5.74, 6) is -0.267. The van der Waals surface area contributed by atoms with Crippen LogP contribution in [0.1, 0.15) is 12.0 Å². The molecule has 0 saturated heterocycles. The molecule has 0 unspecified atom stereocenters. The number of thioether (sulfide) groups is 1. The molecule has 0 bridgehead atoms. The summed E-state index contributed by atoms with van der Waals surface area (Å²) in [6.07, 6.45) is 0.223. The Labute approximate surface area is 97.6 Å². The normalized spacial score (nSPS) is 10.2. The molecule has 16 heavy (non-hydrogen) atoms. The van der Waals surface area contributed by atoms with Gasteiger partial charge in [-0.25, -0.2) is 4.39 Å². The average Bonchev–Trinajstić information content (AvgIpc) is 2.30. The van der Waals surface area contributed by atoms with Gasteiger partial charge in [-0.1, -0.05) is 12.1 Å². The molecular formula is C11H13FO3S. The summed E-state index contributed by atoms with van der Waals surface area (Å²) < 4.78 is 17.9. The smallest absolute Gasteiger partial charge is 0.306 e. The van der Waals surface area contributed by atoms with Gasteiger partial charge in [0.25, 0.3) is 0 Å². The van der Waals surface area contributed by atoms with Crippen molar-refractivity contribution in [3.63, 3.8) is 0 Å². The van der Waals surface area contributed by atoms with Gasteiger partial charge in [-0.05, 0) is 11.6 Å². The van der Waals surface area contributed by atoms with Crippen LogP contribution in [0.25, 0.3) is 0 Å². The molecule has 0 atom stereocenters. The van der Waals surface area contributed by atoms with Crippen LogP contribution < -0.4 is 0 Å². The monoisotopic (exact) mass is 244 g/mol. The van der Waals surface area contributed by atoms with E-state index in [0.29, 0.717) is 16.2 Å². The van der Waals surface area contributed by atoms with E-state index in [1.165, 1.54) is 24.9 Å². The van der Waals surface area contributed by atoms with Crippen molar-refractivity contribution in [2.24, 2.45) is 0 Å². The lowest BCUT2D eigenvalue weighted by Gasteiger charge is -2.07. The van der Waals surface area contributed by atoms with Crippen molar-refractivity contribution < 1.29 is 19.0 Å². The number of hydrogen-bond donors (Lipinski definition) is 1. The number of carbonyl (C=O) groups is 1. The Morgan fingerprint density at radius 1 is 1.56 bits per heavy atom. The molecule has 0 amide bonds. The zero-order chi connectivity index (χ0) is 12.0. The van der Waals surface area contributed by atoms with Crippen LogP contribution in [0.3, 0.4) is 0 Å². The Morgan fingerprint density at radius 3 is 2.94 bits per heavy atom. The molecular weight excluding hydrogens is 231 g/mol. The highest BCUT2D eigenvalue weighted by atomic mass is 32.2. The molecule has 1 aromatic rings. The summed E-state index contributed by atoms with van der Waals surface area (Å²) in [5.41, 5.74) is 0.537. The fourth-order valence-corrected chi connectivity index (χ4v) is 2.17. The summed E-state index contributed by atoms with van der Waals surface area (Å²) >= 11 is 1.21. The van der Waals surface area contributed by atoms with E-state index in [1.54, 1.807) is 12.1 Å². The lowest BCUT2D eigenvalue weighted by atomic mass is 10.2. The molecule has 1 N–H and O–H groups in total. The SMILES string of the molecule is COC(=O)CCSc1c(F)cccc1CO. The summed E-state index contributed by atoms with van der Waals surface area (Å²) in [6.45, 7) is -0.210. The number of ether oxygens (including phenoxy) is 1. The van der Waals surface area contributed by atoms with Gasteiger partial charge in [-0.2, -0.15) is 0 Å². The molecule has 0 fully saturated rings. The molecule has 0 spiro atoms. The van der Waals surface area contributed by atoms with E-state index in [-0.39, 0.29) is 24.8 Å². The van der Waals surface area contributed by atoms with Crippen molar-refractivity contribution >= 4 is 17.7 Å². The second-order valence-corrected chi connectivity index (χ2v) is 4.17. The van der Waals surface area contributed by atoms with Gasteiger partial charge in [-0.3, -0.25) is 4.79 Å². The maximum absolute atomic E-state index is 13.4. The Morgan fingerprint density at radius 2 is 2.31 bits per heavy atom. The van der Waals surface area contributed by atoms with Gasteiger partial charge in [0.1, 0.15) is 5.82 Å². The van der Waals surface area contributed by atoms with Crippen molar-refractivity contribution in [3.8, 4) is 0 Å². The van der Waals surface area contributed by atoms with Crippen LogP contribution in [0, 0.1) is 5.82 Å². The number of esters is 1. The Bertz CT molecular complexity index is 368. The van der Waals surface area contributed by atoms with Crippen molar-refractivity contribution in [1.82, 2.24) is 0 Å². The standard InChI is InChI=1S/C11H13FO3S/c1-15-10(14)5-6-16-11-8(7-13)3-2-4-9(11)12/h2-4,13H,5-7H2,1H3. The Hall–Kier alpha value is -1.07. The minimum Gasteiger partial charge on any atom is -0.469 e. The van der Waals surface area contributed by atoms with E-state index in [0.717, 1.165) is 0 Å². The van der Waals surface area contributed by atoms with Gasteiger partial charge in [0.15, 0.2) is 0 Å². The molecule has 0 aliphatic heterocycles. The first kappa shape index (κ1) is 13.0. The largest absolute Gasteiger partial charge is 0.469 e. The predicted octanol–water partition coefficient (Wildman–Crippen LogP) is 1.97. The van der Waals surface area contributed by atoms with Crippen LogP contribution in [0.2, 0.25) is 0 Å². The molecule has 0 aromatic heterocycles. The van der Waals surface area contributed by atoms with Gasteiger partial charge < -0.3 is 9.84 Å². The van der Waals surface area contributed by atoms with Crippen molar-refractivity contribution in [2.75, 3.05) is 12.9 Å². The van der Waals surface area contributed by atoms with Gasteiger partial charge >= 0.3 is 5.97 Å². The summed E-state index contributed by atoms with van der Waals surface area (Å²) in [7, 11) is 1.31. The van der Waals surface area contributed by atoms with E-state index < -0.39 is 0 Å². The first-order chi connectivity index (χ1) is 7.69. The van der Waals surface area contributed by atoms with Gasteiger partial charge in [0.05, 0.1) is 20.1 Å². The van der Waals surface area contributed by atoms with E-state index in [4.69, 9.17) is 5.11 Å². The fourth-order valence-electron chi connectivity index (χ4n) is 1.18. The zero-order valence-electron chi connectivity index (χ0n) is 8.90. The van der Waals surface area contributed by atoms with Crippen molar-refractivity contribution in [1.29, 1.82) is 0 Å². The molecule has 0 radical (unpaired) electrons. The predicted molar refractivity (Wildman–Crippen MR) is 59.7 cm³/mol. The molecule has 1 rings (SSSR count). The molecule has 88 valence electrons. The number of methoxy groups -OCH3 is 1. The quantitative estimate of drug-likeness (QED) is 0.635. The molecule has 0 aliphatic carbocycles. The second-order valence-electron chi connectivity index (χ2n) is 3.06. The fraction of sp³-hybridized carbons (Fsp3) is 0.364. The number of benzene rings is 1. The summed E-state index contributed by atoms with van der Waals surface area (Å²) in [5, 5.41) is 9.03. The third-order valence-electron chi connectivity index (χ3n) is 2.00. The number of halogens is 1. The van der Waals surface area contributed by atoms with E-state index >= 15 is 0 Å². The van der Waals surface area contributed by atoms with Gasteiger partial charge in [0, 0.05) is 10.6 Å². The Balaban J connectivity index is 2.62. The third-order valence-corrected chi connectivity index (χ3v) is 3.15. The van der Waals surface area contributed by atoms with Gasteiger partial charge in [-0.15, -0.1) is 11.8 Å². The first-order valence-corrected chi connectivity index (χ1v) is 5.75. The van der Waals surface area contributed by atoms with Crippen LogP contribution in [0.15, 0.2) is 23.1 Å². The summed E-state index contributed by atoms with van der Waals surface area (Å²) in [6, 6.07) is 4.54. The van der Waals surface area contributed by atoms with E-state index in [9.17, 15) is 9.18 Å². The third kappa shape index (κ3) is 3.50. The van der Waals surface area contributed by atoms with Crippen molar-refractivity contribution in [3.05, 3.63) is 29.6 Å². The number of hydrogen-bond acceptors (Lipinski definition) is 4. The van der Waals surface area contributed by atoms with Crippen LogP contribution in [-0.2, 0) is 16.1 Å². The van der Waals surface area contributed by atoms with Crippen LogP contribution >= 0.6 is 11.8 Å². The molecule has 3 nitrogen and oxygen atoms in total. The minimum atomic E-state index is -0.374. The average molecular weight is 244 g/mol. The number of aliphatic hydroxyl groups is 1. The van der Waals surface area contributed by atoms with Gasteiger partial charge in [0.2, 0.25) is 0 Å².